The first-order chi connectivity index (χ1) is 18.3. The summed E-state index contributed by atoms with van der Waals surface area (Å²) in [7, 11) is 0. The topological polar surface area (TPSA) is 56.7 Å². The first-order valence-corrected chi connectivity index (χ1v) is 13.1. The second-order valence-corrected chi connectivity index (χ2v) is 9.60. The van der Waals surface area contributed by atoms with Gasteiger partial charge in [0, 0.05) is 22.4 Å². The second kappa shape index (κ2) is 10.3. The lowest BCUT2D eigenvalue weighted by Crippen LogP contribution is -1.99. The molecule has 0 amide bonds. The van der Waals surface area contributed by atoms with Gasteiger partial charge in [0.25, 0.3) is 0 Å². The van der Waals surface area contributed by atoms with Crippen molar-refractivity contribution in [2.24, 2.45) is 0 Å². The molecule has 0 radical (unpaired) electrons. The van der Waals surface area contributed by atoms with Crippen LogP contribution in [-0.2, 0) is 5.75 Å². The number of aromatic nitrogens is 4. The van der Waals surface area contributed by atoms with E-state index in [0.717, 1.165) is 38.9 Å². The molecule has 6 aromatic rings. The van der Waals surface area contributed by atoms with Gasteiger partial charge in [-0.05, 0) is 19.1 Å². The van der Waals surface area contributed by atoms with Crippen LogP contribution in [0.3, 0.4) is 0 Å². The van der Waals surface area contributed by atoms with E-state index in [1.165, 1.54) is 5.56 Å². The Morgan fingerprint density at radius 3 is 1.97 bits per heavy atom. The fourth-order valence-electron chi connectivity index (χ4n) is 4.23. The van der Waals surface area contributed by atoms with Crippen molar-refractivity contribution in [1.82, 2.24) is 19.7 Å². The highest BCUT2D eigenvalue weighted by atomic mass is 32.2. The van der Waals surface area contributed by atoms with Gasteiger partial charge in [-0.25, -0.2) is 4.98 Å². The molecule has 0 fully saturated rings. The van der Waals surface area contributed by atoms with Crippen LogP contribution in [-0.4, -0.2) is 19.7 Å². The molecule has 0 saturated carbocycles. The first-order valence-electron chi connectivity index (χ1n) is 12.1. The maximum Gasteiger partial charge on any atom is 0.237 e. The van der Waals surface area contributed by atoms with Crippen LogP contribution in [0.15, 0.2) is 125 Å². The molecule has 0 aliphatic heterocycles. The fourth-order valence-corrected chi connectivity index (χ4v) is 5.08. The molecule has 0 aliphatic rings. The number of hydrogen-bond acceptors (Lipinski definition) is 5. The highest BCUT2D eigenvalue weighted by molar-refractivity contribution is 7.98. The molecular formula is C31H24N4OS. The average Bonchev–Trinajstić information content (AvgIpc) is 3.59. The lowest BCUT2D eigenvalue weighted by atomic mass is 10.0. The van der Waals surface area contributed by atoms with E-state index < -0.39 is 0 Å². The molecule has 5 nitrogen and oxygen atoms in total. The molecule has 0 saturated heterocycles. The smallest absolute Gasteiger partial charge is 0.237 e. The van der Waals surface area contributed by atoms with E-state index >= 15 is 0 Å². The largest absolute Gasteiger partial charge is 0.338 e. The van der Waals surface area contributed by atoms with Gasteiger partial charge in [0.1, 0.15) is 0 Å². The number of hydrogen-bond donors (Lipinski definition) is 0. The molecule has 0 atom stereocenters. The summed E-state index contributed by atoms with van der Waals surface area (Å²) in [4.78, 5) is 9.80. The normalized spacial score (nSPS) is 11.1. The Labute approximate surface area is 219 Å². The molecule has 37 heavy (non-hydrogen) atoms. The molecule has 0 unspecified atom stereocenters. The van der Waals surface area contributed by atoms with E-state index in [2.05, 4.69) is 70.2 Å². The average molecular weight is 501 g/mol. The molecule has 180 valence electrons. The highest BCUT2D eigenvalue weighted by Crippen LogP contribution is 2.38. The highest BCUT2D eigenvalue weighted by Gasteiger charge is 2.22. The summed E-state index contributed by atoms with van der Waals surface area (Å²) in [5, 5.41) is 5.06. The van der Waals surface area contributed by atoms with Gasteiger partial charge in [-0.1, -0.05) is 126 Å². The summed E-state index contributed by atoms with van der Waals surface area (Å²) in [5.74, 6) is 1.66. The number of thioether (sulfide) groups is 1. The second-order valence-electron chi connectivity index (χ2n) is 8.66. The third-order valence-corrected chi connectivity index (χ3v) is 6.98. The third kappa shape index (κ3) is 4.84. The molecule has 0 aliphatic carbocycles. The molecule has 2 heterocycles. The Bertz CT molecular complexity index is 1610. The van der Waals surface area contributed by atoms with Gasteiger partial charge in [-0.15, -0.1) is 0 Å². The van der Waals surface area contributed by atoms with Crippen molar-refractivity contribution in [3.63, 3.8) is 0 Å². The quantitative estimate of drug-likeness (QED) is 0.209. The number of benzene rings is 4. The summed E-state index contributed by atoms with van der Waals surface area (Å²) in [6, 6.07) is 39.2. The molecule has 0 spiro atoms. The van der Waals surface area contributed by atoms with Gasteiger partial charge >= 0.3 is 0 Å². The molecule has 2 aromatic heterocycles. The van der Waals surface area contributed by atoms with Crippen LogP contribution in [0.1, 0.15) is 11.5 Å². The zero-order valence-electron chi connectivity index (χ0n) is 20.3. The van der Waals surface area contributed by atoms with Crippen LogP contribution in [0.2, 0.25) is 0 Å². The van der Waals surface area contributed by atoms with Gasteiger partial charge in [0.2, 0.25) is 11.7 Å². The number of imidazole rings is 1. The summed E-state index contributed by atoms with van der Waals surface area (Å²) >= 11 is 1.59. The predicted molar refractivity (Wildman–Crippen MR) is 148 cm³/mol. The lowest BCUT2D eigenvalue weighted by molar-refractivity contribution is 0.391. The number of para-hydroxylation sites is 1. The predicted octanol–water partition coefficient (Wildman–Crippen LogP) is 7.86. The summed E-state index contributed by atoms with van der Waals surface area (Å²) in [6.07, 6.45) is 0. The van der Waals surface area contributed by atoms with Crippen molar-refractivity contribution >= 4 is 11.8 Å². The minimum absolute atomic E-state index is 0.505. The Balaban J connectivity index is 1.42. The van der Waals surface area contributed by atoms with E-state index in [9.17, 15) is 0 Å². The van der Waals surface area contributed by atoms with Gasteiger partial charge in [0.05, 0.1) is 17.1 Å². The van der Waals surface area contributed by atoms with Gasteiger partial charge in [-0.2, -0.15) is 4.98 Å². The summed E-state index contributed by atoms with van der Waals surface area (Å²) in [5.41, 5.74) is 7.33. The Morgan fingerprint density at radius 2 is 1.30 bits per heavy atom. The Hall–Kier alpha value is -4.42. The van der Waals surface area contributed by atoms with E-state index in [-0.39, 0.29) is 0 Å². The number of nitrogens with zero attached hydrogens (tertiary/aromatic N) is 4. The number of rotatable bonds is 7. The van der Waals surface area contributed by atoms with Crippen LogP contribution in [0, 0.1) is 6.92 Å². The van der Waals surface area contributed by atoms with Crippen LogP contribution in [0.25, 0.3) is 39.6 Å². The maximum absolute atomic E-state index is 5.60. The minimum Gasteiger partial charge on any atom is -0.338 e. The Kier molecular flexibility index (Phi) is 6.40. The molecule has 4 aromatic carbocycles. The summed E-state index contributed by atoms with van der Waals surface area (Å²) < 4.78 is 7.83. The van der Waals surface area contributed by atoms with Crippen molar-refractivity contribution in [1.29, 1.82) is 0 Å². The molecule has 6 heteroatoms. The molecule has 0 N–H and O–H groups in total. The van der Waals surface area contributed by atoms with Crippen LogP contribution in [0.4, 0.5) is 0 Å². The van der Waals surface area contributed by atoms with Gasteiger partial charge < -0.3 is 4.52 Å². The van der Waals surface area contributed by atoms with E-state index in [0.29, 0.717) is 17.5 Å². The van der Waals surface area contributed by atoms with Crippen molar-refractivity contribution in [3.8, 4) is 39.6 Å². The standard InChI is InChI=1S/C31H24N4OS/c1-22-17-19-25(20-18-22)30-32-27(36-34-30)21-37-31-33-28(23-11-5-2-6-12-23)29(24-13-7-3-8-14-24)35(31)26-15-9-4-10-16-26/h2-20H,21H2,1H3. The van der Waals surface area contributed by atoms with Crippen LogP contribution >= 0.6 is 11.8 Å². The zero-order valence-corrected chi connectivity index (χ0v) is 21.1. The molecular weight excluding hydrogens is 476 g/mol. The van der Waals surface area contributed by atoms with Gasteiger partial charge in [0.15, 0.2) is 5.16 Å². The van der Waals surface area contributed by atoms with E-state index in [1.54, 1.807) is 11.8 Å². The lowest BCUT2D eigenvalue weighted by Gasteiger charge is -2.13. The Morgan fingerprint density at radius 1 is 0.676 bits per heavy atom. The minimum atomic E-state index is 0.505. The molecule has 0 bridgehead atoms. The van der Waals surface area contributed by atoms with E-state index in [1.807, 2.05) is 66.7 Å². The van der Waals surface area contributed by atoms with Crippen LogP contribution in [0.5, 0.6) is 0 Å². The SMILES string of the molecule is Cc1ccc(-c2noc(CSc3nc(-c4ccccc4)c(-c4ccccc4)n3-c3ccccc3)n2)cc1. The van der Waals surface area contributed by atoms with Crippen molar-refractivity contribution in [3.05, 3.63) is 127 Å². The van der Waals surface area contributed by atoms with Crippen molar-refractivity contribution in [2.45, 2.75) is 17.8 Å². The summed E-state index contributed by atoms with van der Waals surface area (Å²) in [6.45, 7) is 2.06. The van der Waals surface area contributed by atoms with E-state index in [4.69, 9.17) is 9.51 Å². The molecule has 6 rings (SSSR count). The zero-order chi connectivity index (χ0) is 25.0. The maximum atomic E-state index is 5.60. The first kappa shape index (κ1) is 23.0. The van der Waals surface area contributed by atoms with Crippen LogP contribution < -0.4 is 0 Å². The van der Waals surface area contributed by atoms with Gasteiger partial charge in [-0.3, -0.25) is 4.57 Å². The fraction of sp³-hybridized carbons (Fsp3) is 0.0645. The number of aryl methyl sites for hydroxylation is 1. The monoisotopic (exact) mass is 500 g/mol. The van der Waals surface area contributed by atoms with Crippen molar-refractivity contribution in [2.75, 3.05) is 0 Å². The van der Waals surface area contributed by atoms with Crippen molar-refractivity contribution < 1.29 is 4.52 Å². The third-order valence-electron chi connectivity index (χ3n) is 6.06.